The lowest BCUT2D eigenvalue weighted by Gasteiger charge is -2.24. The molecule has 0 aliphatic carbocycles. The summed E-state index contributed by atoms with van der Waals surface area (Å²) in [6.45, 7) is 9.59. The summed E-state index contributed by atoms with van der Waals surface area (Å²) in [5.41, 5.74) is 2.64. The van der Waals surface area contributed by atoms with Gasteiger partial charge in [-0.3, -0.25) is 4.79 Å². The van der Waals surface area contributed by atoms with Crippen molar-refractivity contribution in [1.82, 2.24) is 10.2 Å². The van der Waals surface area contributed by atoms with E-state index in [1.54, 1.807) is 0 Å². The Morgan fingerprint density at radius 3 is 2.52 bits per heavy atom. The van der Waals surface area contributed by atoms with E-state index in [4.69, 9.17) is 0 Å². The van der Waals surface area contributed by atoms with Gasteiger partial charge in [0.05, 0.1) is 6.42 Å². The molecule has 1 saturated heterocycles. The quantitative estimate of drug-likeness (QED) is 0.903. The maximum atomic E-state index is 12.1. The van der Waals surface area contributed by atoms with Crippen LogP contribution < -0.4 is 5.32 Å². The van der Waals surface area contributed by atoms with Crippen molar-refractivity contribution in [3.63, 3.8) is 0 Å². The lowest BCUT2D eigenvalue weighted by atomic mass is 9.90. The summed E-state index contributed by atoms with van der Waals surface area (Å²) in [6.07, 6.45) is 1.64. The third-order valence-corrected chi connectivity index (χ3v) is 4.47. The molecule has 1 aromatic rings. The van der Waals surface area contributed by atoms with Crippen molar-refractivity contribution in [3.05, 3.63) is 35.4 Å². The number of nitrogens with zero attached hydrogens (tertiary/aromatic N) is 1. The fourth-order valence-electron chi connectivity index (χ4n) is 3.00. The van der Waals surface area contributed by atoms with Gasteiger partial charge in [0, 0.05) is 13.1 Å². The summed E-state index contributed by atoms with van der Waals surface area (Å²) in [5.74, 6) is 0.662. The smallest absolute Gasteiger partial charge is 0.224 e. The SMILES string of the molecule is CC(C)c1ccc(CC(=O)NC[C@]2(C)CCN(C)C2)cc1. The molecule has 0 saturated carbocycles. The van der Waals surface area contributed by atoms with Crippen molar-refractivity contribution in [2.24, 2.45) is 5.41 Å². The van der Waals surface area contributed by atoms with Crippen LogP contribution in [0.1, 0.15) is 44.2 Å². The molecule has 0 bridgehead atoms. The van der Waals surface area contributed by atoms with Crippen LogP contribution in [0.2, 0.25) is 0 Å². The van der Waals surface area contributed by atoms with E-state index in [-0.39, 0.29) is 11.3 Å². The Labute approximate surface area is 128 Å². The summed E-state index contributed by atoms with van der Waals surface area (Å²) in [6, 6.07) is 8.39. The highest BCUT2D eigenvalue weighted by atomic mass is 16.1. The largest absolute Gasteiger partial charge is 0.355 e. The Morgan fingerprint density at radius 1 is 1.33 bits per heavy atom. The van der Waals surface area contributed by atoms with Crippen molar-refractivity contribution in [2.75, 3.05) is 26.7 Å². The normalized spacial score (nSPS) is 22.7. The second kappa shape index (κ2) is 6.61. The minimum Gasteiger partial charge on any atom is -0.355 e. The number of hydrogen-bond donors (Lipinski definition) is 1. The van der Waals surface area contributed by atoms with Crippen molar-refractivity contribution >= 4 is 5.91 Å². The lowest BCUT2D eigenvalue weighted by Crippen LogP contribution is -2.37. The molecule has 0 spiro atoms. The molecule has 2 rings (SSSR count). The van der Waals surface area contributed by atoms with Gasteiger partial charge in [-0.15, -0.1) is 0 Å². The van der Waals surface area contributed by atoms with Crippen LogP contribution in [0.25, 0.3) is 0 Å². The van der Waals surface area contributed by atoms with Gasteiger partial charge in [0.15, 0.2) is 0 Å². The van der Waals surface area contributed by atoms with Gasteiger partial charge < -0.3 is 10.2 Å². The van der Waals surface area contributed by atoms with Gasteiger partial charge in [-0.1, -0.05) is 45.0 Å². The predicted molar refractivity (Wildman–Crippen MR) is 87.5 cm³/mol. The van der Waals surface area contributed by atoms with E-state index in [1.807, 2.05) is 0 Å². The monoisotopic (exact) mass is 288 g/mol. The second-order valence-corrected chi connectivity index (χ2v) is 7.15. The van der Waals surface area contributed by atoms with E-state index in [0.29, 0.717) is 12.3 Å². The fourth-order valence-corrected chi connectivity index (χ4v) is 3.00. The maximum Gasteiger partial charge on any atom is 0.224 e. The molecule has 1 heterocycles. The second-order valence-electron chi connectivity index (χ2n) is 7.15. The molecule has 3 heteroatoms. The highest BCUT2D eigenvalue weighted by Crippen LogP contribution is 2.27. The zero-order valence-corrected chi connectivity index (χ0v) is 13.8. The first-order valence-corrected chi connectivity index (χ1v) is 7.92. The first kappa shape index (κ1) is 16.0. The summed E-state index contributed by atoms with van der Waals surface area (Å²) in [5, 5.41) is 3.11. The zero-order chi connectivity index (χ0) is 15.5. The molecule has 21 heavy (non-hydrogen) atoms. The zero-order valence-electron chi connectivity index (χ0n) is 13.8. The molecule has 1 fully saturated rings. The summed E-state index contributed by atoms with van der Waals surface area (Å²) in [4.78, 5) is 14.4. The van der Waals surface area contributed by atoms with Gasteiger partial charge in [0.25, 0.3) is 0 Å². The van der Waals surface area contributed by atoms with Gasteiger partial charge in [-0.05, 0) is 42.5 Å². The Kier molecular flexibility index (Phi) is 5.04. The molecule has 3 nitrogen and oxygen atoms in total. The molecular formula is C18H28N2O. The number of hydrogen-bond acceptors (Lipinski definition) is 2. The third kappa shape index (κ3) is 4.57. The van der Waals surface area contributed by atoms with E-state index >= 15 is 0 Å². The Morgan fingerprint density at radius 2 is 2.00 bits per heavy atom. The van der Waals surface area contributed by atoms with Gasteiger partial charge in [-0.25, -0.2) is 0 Å². The molecule has 0 aromatic heterocycles. The molecular weight excluding hydrogens is 260 g/mol. The van der Waals surface area contributed by atoms with Crippen molar-refractivity contribution in [2.45, 2.75) is 39.5 Å². The first-order valence-electron chi connectivity index (χ1n) is 7.92. The number of carbonyl (C=O) groups excluding carboxylic acids is 1. The van der Waals surface area contributed by atoms with Gasteiger partial charge >= 0.3 is 0 Å². The van der Waals surface area contributed by atoms with Crippen LogP contribution in [-0.2, 0) is 11.2 Å². The highest BCUT2D eigenvalue weighted by Gasteiger charge is 2.32. The fraction of sp³-hybridized carbons (Fsp3) is 0.611. The van der Waals surface area contributed by atoms with E-state index in [9.17, 15) is 4.79 Å². The average Bonchev–Trinajstić information content (AvgIpc) is 2.77. The Balaban J connectivity index is 1.82. The molecule has 1 amide bonds. The van der Waals surface area contributed by atoms with Crippen LogP contribution in [0.3, 0.4) is 0 Å². The molecule has 1 N–H and O–H groups in total. The maximum absolute atomic E-state index is 12.1. The molecule has 1 atom stereocenters. The molecule has 0 radical (unpaired) electrons. The van der Waals surface area contributed by atoms with E-state index < -0.39 is 0 Å². The van der Waals surface area contributed by atoms with Crippen LogP contribution in [0.5, 0.6) is 0 Å². The number of nitrogens with one attached hydrogen (secondary N) is 1. The van der Waals surface area contributed by atoms with E-state index in [1.165, 1.54) is 5.56 Å². The number of carbonyl (C=O) groups is 1. The summed E-state index contributed by atoms with van der Waals surface area (Å²) < 4.78 is 0. The number of benzene rings is 1. The van der Waals surface area contributed by atoms with Crippen LogP contribution >= 0.6 is 0 Å². The minimum atomic E-state index is 0.128. The topological polar surface area (TPSA) is 32.3 Å². The van der Waals surface area contributed by atoms with E-state index in [2.05, 4.69) is 62.3 Å². The number of amides is 1. The first-order chi connectivity index (χ1) is 9.88. The van der Waals surface area contributed by atoms with Crippen molar-refractivity contribution < 1.29 is 4.79 Å². The van der Waals surface area contributed by atoms with Crippen molar-refractivity contribution in [3.8, 4) is 0 Å². The van der Waals surface area contributed by atoms with Gasteiger partial charge in [0.1, 0.15) is 0 Å². The lowest BCUT2D eigenvalue weighted by molar-refractivity contribution is -0.120. The van der Waals surface area contributed by atoms with Gasteiger partial charge in [0.2, 0.25) is 5.91 Å². The summed E-state index contributed by atoms with van der Waals surface area (Å²) >= 11 is 0. The van der Waals surface area contributed by atoms with Crippen molar-refractivity contribution in [1.29, 1.82) is 0 Å². The molecule has 1 aliphatic rings. The standard InChI is InChI=1S/C18H28N2O/c1-14(2)16-7-5-15(6-8-16)11-17(21)19-12-18(3)9-10-20(4)13-18/h5-8,14H,9-13H2,1-4H3,(H,19,21)/t18-/m0/s1. The van der Waals surface area contributed by atoms with Crippen LogP contribution in [0.4, 0.5) is 0 Å². The van der Waals surface area contributed by atoms with E-state index in [0.717, 1.165) is 31.6 Å². The van der Waals surface area contributed by atoms with Crippen LogP contribution in [-0.4, -0.2) is 37.5 Å². The molecule has 1 aliphatic heterocycles. The highest BCUT2D eigenvalue weighted by molar-refractivity contribution is 5.78. The molecule has 0 unspecified atom stereocenters. The Bertz CT molecular complexity index is 480. The number of likely N-dealkylation sites (tertiary alicyclic amines) is 1. The molecule has 1 aromatic carbocycles. The average molecular weight is 288 g/mol. The van der Waals surface area contributed by atoms with Crippen LogP contribution in [0.15, 0.2) is 24.3 Å². The minimum absolute atomic E-state index is 0.128. The number of rotatable bonds is 5. The predicted octanol–water partition coefficient (Wildman–Crippen LogP) is 2.81. The third-order valence-electron chi connectivity index (χ3n) is 4.47. The molecule has 116 valence electrons. The Hall–Kier alpha value is -1.35. The van der Waals surface area contributed by atoms with Crippen LogP contribution in [0, 0.1) is 5.41 Å². The summed E-state index contributed by atoms with van der Waals surface area (Å²) in [7, 11) is 2.14. The van der Waals surface area contributed by atoms with Gasteiger partial charge in [-0.2, -0.15) is 0 Å².